The van der Waals surface area contributed by atoms with Crippen LogP contribution in [0.1, 0.15) is 51.6 Å². The number of rotatable bonds is 9. The molecule has 2 aromatic carbocycles. The summed E-state index contributed by atoms with van der Waals surface area (Å²) in [5, 5.41) is 3.06. The van der Waals surface area contributed by atoms with Crippen LogP contribution in [0.4, 0.5) is 5.69 Å². The molecular weight excluding hydrogens is 428 g/mol. The van der Waals surface area contributed by atoms with Gasteiger partial charge in [-0.05, 0) is 38.0 Å². The minimum Gasteiger partial charge on any atom is -0.492 e. The van der Waals surface area contributed by atoms with Gasteiger partial charge in [0.1, 0.15) is 23.6 Å². The molecule has 1 amide bonds. The molecule has 0 saturated heterocycles. The van der Waals surface area contributed by atoms with Crippen molar-refractivity contribution in [3.63, 3.8) is 0 Å². The molecule has 32 heavy (non-hydrogen) atoms. The number of carbonyl (C=O) groups excluding carboxylic acids is 1. The van der Waals surface area contributed by atoms with Gasteiger partial charge in [-0.2, -0.15) is 0 Å². The van der Waals surface area contributed by atoms with Crippen molar-refractivity contribution in [3.8, 4) is 11.5 Å². The van der Waals surface area contributed by atoms with Gasteiger partial charge in [0.15, 0.2) is 0 Å². The Morgan fingerprint density at radius 2 is 1.78 bits per heavy atom. The van der Waals surface area contributed by atoms with Gasteiger partial charge in [0.05, 0.1) is 24.6 Å². The normalized spacial score (nSPS) is 17.1. The van der Waals surface area contributed by atoms with E-state index in [-0.39, 0.29) is 24.1 Å². The van der Waals surface area contributed by atoms with Crippen LogP contribution >= 0.6 is 0 Å². The number of anilines is 1. The first-order valence-corrected chi connectivity index (χ1v) is 12.8. The SMILES string of the molecule is CCOc1ccccc1N(CC(=O)N[C@H]1CC(CC)(CC)Oc2ccccc21)S(C)(=O)=O. The lowest BCUT2D eigenvalue weighted by Crippen LogP contribution is -2.47. The summed E-state index contributed by atoms with van der Waals surface area (Å²) < 4.78 is 38.1. The number of benzene rings is 2. The van der Waals surface area contributed by atoms with Crippen LogP contribution in [0.15, 0.2) is 48.5 Å². The van der Waals surface area contributed by atoms with Gasteiger partial charge in [-0.1, -0.05) is 44.2 Å². The maximum atomic E-state index is 13.1. The Morgan fingerprint density at radius 3 is 2.44 bits per heavy atom. The second-order valence-electron chi connectivity index (χ2n) is 8.02. The summed E-state index contributed by atoms with van der Waals surface area (Å²) in [6.45, 7) is 6.02. The monoisotopic (exact) mass is 460 g/mol. The second-order valence-corrected chi connectivity index (χ2v) is 9.93. The van der Waals surface area contributed by atoms with Crippen molar-refractivity contribution in [2.45, 2.75) is 51.7 Å². The molecule has 0 bridgehead atoms. The van der Waals surface area contributed by atoms with E-state index in [2.05, 4.69) is 19.2 Å². The highest BCUT2D eigenvalue weighted by molar-refractivity contribution is 7.92. The lowest BCUT2D eigenvalue weighted by atomic mass is 9.83. The van der Waals surface area contributed by atoms with Crippen molar-refractivity contribution >= 4 is 21.6 Å². The van der Waals surface area contributed by atoms with Crippen molar-refractivity contribution < 1.29 is 22.7 Å². The summed E-state index contributed by atoms with van der Waals surface area (Å²) >= 11 is 0. The van der Waals surface area contributed by atoms with Crippen LogP contribution in [0.2, 0.25) is 0 Å². The number of sulfonamides is 1. The van der Waals surface area contributed by atoms with Gasteiger partial charge < -0.3 is 14.8 Å². The van der Waals surface area contributed by atoms with Gasteiger partial charge in [-0.15, -0.1) is 0 Å². The van der Waals surface area contributed by atoms with E-state index in [4.69, 9.17) is 9.47 Å². The van der Waals surface area contributed by atoms with Crippen molar-refractivity contribution in [1.82, 2.24) is 5.32 Å². The lowest BCUT2D eigenvalue weighted by molar-refractivity contribution is -0.121. The number of nitrogens with zero attached hydrogens (tertiary/aromatic N) is 1. The molecule has 0 aromatic heterocycles. The van der Waals surface area contributed by atoms with E-state index in [1.165, 1.54) is 0 Å². The fourth-order valence-electron chi connectivity index (χ4n) is 4.12. The Hall–Kier alpha value is -2.74. The molecule has 8 heteroatoms. The molecule has 0 spiro atoms. The van der Waals surface area contributed by atoms with E-state index < -0.39 is 10.0 Å². The largest absolute Gasteiger partial charge is 0.492 e. The van der Waals surface area contributed by atoms with Gasteiger partial charge in [-0.3, -0.25) is 9.10 Å². The highest BCUT2D eigenvalue weighted by Gasteiger charge is 2.39. The molecular formula is C24H32N2O5S. The molecule has 174 valence electrons. The quantitative estimate of drug-likeness (QED) is 0.610. The summed E-state index contributed by atoms with van der Waals surface area (Å²) in [4.78, 5) is 13.1. The molecule has 2 aromatic rings. The van der Waals surface area contributed by atoms with E-state index in [1.807, 2.05) is 31.2 Å². The first kappa shape index (κ1) is 23.9. The van der Waals surface area contributed by atoms with Crippen LogP contribution in [0.25, 0.3) is 0 Å². The minimum atomic E-state index is -3.72. The van der Waals surface area contributed by atoms with Crippen molar-refractivity contribution in [2.24, 2.45) is 0 Å². The highest BCUT2D eigenvalue weighted by atomic mass is 32.2. The summed E-state index contributed by atoms with van der Waals surface area (Å²) in [7, 11) is -3.72. The fourth-order valence-corrected chi connectivity index (χ4v) is 4.98. The van der Waals surface area contributed by atoms with Gasteiger partial charge in [0.2, 0.25) is 15.9 Å². The summed E-state index contributed by atoms with van der Waals surface area (Å²) in [5.41, 5.74) is 0.875. The lowest BCUT2D eigenvalue weighted by Gasteiger charge is -2.41. The topological polar surface area (TPSA) is 84.9 Å². The molecule has 0 radical (unpaired) electrons. The highest BCUT2D eigenvalue weighted by Crippen LogP contribution is 2.42. The van der Waals surface area contributed by atoms with Crippen LogP contribution in [-0.2, 0) is 14.8 Å². The minimum absolute atomic E-state index is 0.268. The van der Waals surface area contributed by atoms with Crippen LogP contribution in [0, 0.1) is 0 Å². The second kappa shape index (κ2) is 9.81. The molecule has 1 aliphatic rings. The third kappa shape index (κ3) is 5.18. The van der Waals surface area contributed by atoms with E-state index in [9.17, 15) is 13.2 Å². The predicted molar refractivity (Wildman–Crippen MR) is 126 cm³/mol. The Balaban J connectivity index is 1.87. The van der Waals surface area contributed by atoms with E-state index in [0.717, 1.165) is 34.7 Å². The third-order valence-corrected chi connectivity index (χ3v) is 7.07. The summed E-state index contributed by atoms with van der Waals surface area (Å²) in [6.07, 6.45) is 3.33. The van der Waals surface area contributed by atoms with Gasteiger partial charge in [-0.25, -0.2) is 8.42 Å². The van der Waals surface area contributed by atoms with Gasteiger partial charge in [0, 0.05) is 12.0 Å². The van der Waals surface area contributed by atoms with Crippen molar-refractivity contribution in [2.75, 3.05) is 23.7 Å². The molecule has 1 N–H and O–H groups in total. The standard InChI is InChI=1S/C24H32N2O5S/c1-5-24(6-2)16-19(18-12-8-10-14-21(18)31-24)25-23(27)17-26(32(4,28)29)20-13-9-11-15-22(20)30-7-3/h8-15,19H,5-7,16-17H2,1-4H3,(H,25,27)/t19-/m0/s1. The molecule has 3 rings (SSSR count). The van der Waals surface area contributed by atoms with E-state index >= 15 is 0 Å². The van der Waals surface area contributed by atoms with Crippen LogP contribution in [0.5, 0.6) is 11.5 Å². The average molecular weight is 461 g/mol. The molecule has 0 saturated carbocycles. The molecule has 1 atom stereocenters. The third-order valence-electron chi connectivity index (χ3n) is 5.94. The zero-order valence-corrected chi connectivity index (χ0v) is 19.9. The Kier molecular flexibility index (Phi) is 7.33. The Morgan fingerprint density at radius 1 is 1.12 bits per heavy atom. The van der Waals surface area contributed by atoms with Crippen LogP contribution in [0.3, 0.4) is 0 Å². The zero-order chi connectivity index (χ0) is 23.4. The number of hydrogen-bond acceptors (Lipinski definition) is 5. The smallest absolute Gasteiger partial charge is 0.241 e. The first-order chi connectivity index (χ1) is 15.2. The van der Waals surface area contributed by atoms with E-state index in [1.54, 1.807) is 24.3 Å². The fraction of sp³-hybridized carbons (Fsp3) is 0.458. The molecule has 0 aliphatic carbocycles. The number of amides is 1. The van der Waals surface area contributed by atoms with Gasteiger partial charge >= 0.3 is 0 Å². The maximum Gasteiger partial charge on any atom is 0.241 e. The average Bonchev–Trinajstić information content (AvgIpc) is 2.77. The number of nitrogens with one attached hydrogen (secondary N) is 1. The van der Waals surface area contributed by atoms with Crippen molar-refractivity contribution in [3.05, 3.63) is 54.1 Å². The number of fused-ring (bicyclic) bond motifs is 1. The zero-order valence-electron chi connectivity index (χ0n) is 19.1. The van der Waals surface area contributed by atoms with Crippen LogP contribution < -0.4 is 19.1 Å². The molecule has 0 unspecified atom stereocenters. The predicted octanol–water partition coefficient (Wildman–Crippen LogP) is 4.05. The molecule has 7 nitrogen and oxygen atoms in total. The van der Waals surface area contributed by atoms with Gasteiger partial charge in [0.25, 0.3) is 0 Å². The molecule has 1 aliphatic heterocycles. The van der Waals surface area contributed by atoms with Crippen LogP contribution in [-0.4, -0.2) is 39.3 Å². The van der Waals surface area contributed by atoms with E-state index in [0.29, 0.717) is 24.5 Å². The number of ether oxygens (including phenoxy) is 2. The number of carbonyl (C=O) groups is 1. The first-order valence-electron chi connectivity index (χ1n) is 11.0. The Bertz CT molecular complexity index is 1050. The maximum absolute atomic E-state index is 13.1. The summed E-state index contributed by atoms with van der Waals surface area (Å²) in [6, 6.07) is 14.2. The summed E-state index contributed by atoms with van der Waals surface area (Å²) in [5.74, 6) is 0.791. The molecule has 0 fully saturated rings. The Labute approximate surface area is 190 Å². The number of para-hydroxylation sites is 3. The number of hydrogen-bond donors (Lipinski definition) is 1. The van der Waals surface area contributed by atoms with Crippen molar-refractivity contribution in [1.29, 1.82) is 0 Å². The molecule has 1 heterocycles.